The van der Waals surface area contributed by atoms with E-state index in [0.29, 0.717) is 11.1 Å². The average molecular weight is 296 g/mol. The second-order valence-corrected chi connectivity index (χ2v) is 5.08. The third-order valence-electron chi connectivity index (χ3n) is 3.57. The lowest BCUT2D eigenvalue weighted by Crippen LogP contribution is -2.43. The summed E-state index contributed by atoms with van der Waals surface area (Å²) in [5.41, 5.74) is 2.49. The molecule has 2 aromatic carbocycles. The molecule has 0 aromatic heterocycles. The number of rotatable bonds is 5. The number of hydrazone groups is 1. The van der Waals surface area contributed by atoms with Gasteiger partial charge in [-0.15, -0.1) is 0 Å². The maximum absolute atomic E-state index is 12.6. The van der Waals surface area contributed by atoms with Crippen molar-refractivity contribution in [1.29, 1.82) is 0 Å². The normalized spacial score (nSPS) is 12.0. The SMILES string of the molecule is CCC(C)=NNC(=O)C(O)(c1ccccc1)c1ccccc1. The van der Waals surface area contributed by atoms with Crippen LogP contribution in [0.1, 0.15) is 31.4 Å². The molecule has 114 valence electrons. The van der Waals surface area contributed by atoms with E-state index in [2.05, 4.69) is 10.5 Å². The van der Waals surface area contributed by atoms with Gasteiger partial charge in [-0.05, 0) is 24.5 Å². The Bertz CT molecular complexity index is 612. The molecular formula is C18H20N2O2. The van der Waals surface area contributed by atoms with E-state index in [9.17, 15) is 9.90 Å². The van der Waals surface area contributed by atoms with Crippen molar-refractivity contribution in [3.63, 3.8) is 0 Å². The average Bonchev–Trinajstić information content (AvgIpc) is 2.60. The van der Waals surface area contributed by atoms with Crippen LogP contribution in [-0.4, -0.2) is 16.7 Å². The van der Waals surface area contributed by atoms with Crippen LogP contribution in [0.25, 0.3) is 0 Å². The number of carbonyl (C=O) groups excluding carboxylic acids is 1. The molecule has 4 heteroatoms. The highest BCUT2D eigenvalue weighted by molar-refractivity contribution is 5.91. The summed E-state index contributed by atoms with van der Waals surface area (Å²) in [4.78, 5) is 12.6. The predicted molar refractivity (Wildman–Crippen MR) is 87.4 cm³/mol. The van der Waals surface area contributed by atoms with Crippen LogP contribution in [0.15, 0.2) is 65.8 Å². The van der Waals surface area contributed by atoms with Crippen molar-refractivity contribution in [2.45, 2.75) is 25.9 Å². The first-order chi connectivity index (χ1) is 10.6. The van der Waals surface area contributed by atoms with Gasteiger partial charge < -0.3 is 5.11 Å². The lowest BCUT2D eigenvalue weighted by Gasteiger charge is -2.27. The largest absolute Gasteiger partial charge is 0.372 e. The Balaban J connectivity index is 2.45. The molecule has 0 unspecified atom stereocenters. The molecule has 22 heavy (non-hydrogen) atoms. The van der Waals surface area contributed by atoms with Gasteiger partial charge in [0.15, 0.2) is 5.60 Å². The van der Waals surface area contributed by atoms with Gasteiger partial charge in [-0.25, -0.2) is 5.43 Å². The van der Waals surface area contributed by atoms with Gasteiger partial charge in [0.1, 0.15) is 0 Å². The Morgan fingerprint density at radius 2 is 1.50 bits per heavy atom. The summed E-state index contributed by atoms with van der Waals surface area (Å²) < 4.78 is 0. The number of hydrogen-bond donors (Lipinski definition) is 2. The highest BCUT2D eigenvalue weighted by atomic mass is 16.3. The third-order valence-corrected chi connectivity index (χ3v) is 3.57. The number of amides is 1. The third kappa shape index (κ3) is 3.23. The Labute approximate surface area is 130 Å². The minimum atomic E-state index is -1.78. The van der Waals surface area contributed by atoms with Gasteiger partial charge in [0.2, 0.25) is 0 Å². The summed E-state index contributed by atoms with van der Waals surface area (Å²) >= 11 is 0. The molecule has 0 atom stereocenters. The van der Waals surface area contributed by atoms with Gasteiger partial charge in [-0.1, -0.05) is 67.6 Å². The lowest BCUT2D eigenvalue weighted by molar-refractivity contribution is -0.136. The fourth-order valence-corrected chi connectivity index (χ4v) is 2.09. The van der Waals surface area contributed by atoms with E-state index in [1.54, 1.807) is 48.5 Å². The second-order valence-electron chi connectivity index (χ2n) is 5.08. The van der Waals surface area contributed by atoms with Gasteiger partial charge >= 0.3 is 0 Å². The maximum Gasteiger partial charge on any atom is 0.281 e. The first-order valence-electron chi connectivity index (χ1n) is 7.26. The van der Waals surface area contributed by atoms with E-state index in [-0.39, 0.29) is 0 Å². The number of benzene rings is 2. The van der Waals surface area contributed by atoms with Crippen molar-refractivity contribution in [3.05, 3.63) is 71.8 Å². The van der Waals surface area contributed by atoms with Crippen LogP contribution in [0.5, 0.6) is 0 Å². The molecule has 0 heterocycles. The van der Waals surface area contributed by atoms with Gasteiger partial charge in [-0.2, -0.15) is 5.10 Å². The highest BCUT2D eigenvalue weighted by Crippen LogP contribution is 2.29. The lowest BCUT2D eigenvalue weighted by atomic mass is 9.85. The molecule has 0 aliphatic heterocycles. The van der Waals surface area contributed by atoms with Crippen LogP contribution in [-0.2, 0) is 10.4 Å². The number of aliphatic hydroxyl groups is 1. The summed E-state index contributed by atoms with van der Waals surface area (Å²) in [7, 11) is 0. The standard InChI is InChI=1S/C18H20N2O2/c1-3-14(2)19-20-17(21)18(22,15-10-6-4-7-11-15)16-12-8-5-9-13-16/h4-13,22H,3H2,1-2H3,(H,20,21). The summed E-state index contributed by atoms with van der Waals surface area (Å²) in [5, 5.41) is 15.1. The van der Waals surface area contributed by atoms with Gasteiger partial charge in [0, 0.05) is 5.71 Å². The molecule has 0 aliphatic rings. The van der Waals surface area contributed by atoms with Crippen LogP contribution in [0.3, 0.4) is 0 Å². The Kier molecular flexibility index (Phi) is 5.07. The summed E-state index contributed by atoms with van der Waals surface area (Å²) in [5.74, 6) is -0.572. The van der Waals surface area contributed by atoms with E-state index >= 15 is 0 Å². The van der Waals surface area contributed by atoms with Crippen molar-refractivity contribution in [2.75, 3.05) is 0 Å². The quantitative estimate of drug-likeness (QED) is 0.658. The summed E-state index contributed by atoms with van der Waals surface area (Å²) in [6.07, 6.45) is 0.732. The van der Waals surface area contributed by atoms with E-state index in [1.807, 2.05) is 26.0 Å². The highest BCUT2D eigenvalue weighted by Gasteiger charge is 2.39. The first-order valence-corrected chi connectivity index (χ1v) is 7.26. The fourth-order valence-electron chi connectivity index (χ4n) is 2.09. The van der Waals surface area contributed by atoms with Crippen molar-refractivity contribution < 1.29 is 9.90 Å². The molecule has 2 N–H and O–H groups in total. The smallest absolute Gasteiger partial charge is 0.281 e. The van der Waals surface area contributed by atoms with Crippen LogP contribution < -0.4 is 5.43 Å². The minimum Gasteiger partial charge on any atom is -0.372 e. The van der Waals surface area contributed by atoms with Crippen LogP contribution >= 0.6 is 0 Å². The van der Waals surface area contributed by atoms with E-state index in [0.717, 1.165) is 12.1 Å². The zero-order valence-electron chi connectivity index (χ0n) is 12.8. The molecule has 0 saturated carbocycles. The van der Waals surface area contributed by atoms with Gasteiger partial charge in [0.05, 0.1) is 0 Å². The number of carbonyl (C=O) groups is 1. The molecule has 0 fully saturated rings. The van der Waals surface area contributed by atoms with Crippen molar-refractivity contribution in [2.24, 2.45) is 5.10 Å². The molecule has 0 bridgehead atoms. The maximum atomic E-state index is 12.6. The molecule has 4 nitrogen and oxygen atoms in total. The van der Waals surface area contributed by atoms with Crippen LogP contribution in [0.2, 0.25) is 0 Å². The topological polar surface area (TPSA) is 61.7 Å². The van der Waals surface area contributed by atoms with E-state index in [4.69, 9.17) is 0 Å². The van der Waals surface area contributed by atoms with Gasteiger partial charge in [-0.3, -0.25) is 4.79 Å². The summed E-state index contributed by atoms with van der Waals surface area (Å²) in [6, 6.07) is 17.7. The molecular weight excluding hydrogens is 276 g/mol. The summed E-state index contributed by atoms with van der Waals surface area (Å²) in [6.45, 7) is 3.77. The van der Waals surface area contributed by atoms with E-state index < -0.39 is 11.5 Å². The van der Waals surface area contributed by atoms with Crippen molar-refractivity contribution >= 4 is 11.6 Å². The minimum absolute atomic E-state index is 0.503. The molecule has 1 amide bonds. The van der Waals surface area contributed by atoms with Crippen LogP contribution in [0, 0.1) is 0 Å². The zero-order valence-corrected chi connectivity index (χ0v) is 12.8. The zero-order chi connectivity index (χ0) is 16.0. The molecule has 0 aliphatic carbocycles. The second kappa shape index (κ2) is 7.00. The molecule has 0 spiro atoms. The molecule has 2 rings (SSSR count). The Morgan fingerprint density at radius 1 is 1.05 bits per heavy atom. The Morgan fingerprint density at radius 3 is 1.91 bits per heavy atom. The number of nitrogens with zero attached hydrogens (tertiary/aromatic N) is 1. The van der Waals surface area contributed by atoms with Crippen molar-refractivity contribution in [3.8, 4) is 0 Å². The molecule has 0 radical (unpaired) electrons. The number of nitrogens with one attached hydrogen (secondary N) is 1. The fraction of sp³-hybridized carbons (Fsp3) is 0.222. The van der Waals surface area contributed by atoms with Crippen molar-refractivity contribution in [1.82, 2.24) is 5.43 Å². The number of hydrogen-bond acceptors (Lipinski definition) is 3. The molecule has 2 aromatic rings. The first kappa shape index (κ1) is 15.9. The monoisotopic (exact) mass is 296 g/mol. The molecule has 0 saturated heterocycles. The van der Waals surface area contributed by atoms with Gasteiger partial charge in [0.25, 0.3) is 5.91 Å². The van der Waals surface area contributed by atoms with E-state index in [1.165, 1.54) is 0 Å². The predicted octanol–water partition coefficient (Wildman–Crippen LogP) is 2.82. The Hall–Kier alpha value is -2.46. The van der Waals surface area contributed by atoms with Crippen LogP contribution in [0.4, 0.5) is 0 Å².